The summed E-state index contributed by atoms with van der Waals surface area (Å²) in [5.41, 5.74) is 1.25. The summed E-state index contributed by atoms with van der Waals surface area (Å²) >= 11 is 0. The largest absolute Gasteiger partial charge is 0.507 e. The van der Waals surface area contributed by atoms with E-state index in [-0.39, 0.29) is 29.8 Å². The Labute approximate surface area is 232 Å². The first-order valence-corrected chi connectivity index (χ1v) is 13.2. The van der Waals surface area contributed by atoms with Gasteiger partial charge in [-0.2, -0.15) is 0 Å². The minimum absolute atomic E-state index is 0.0261. The fourth-order valence-electron chi connectivity index (χ4n) is 4.82. The number of aliphatic hydroxyl groups is 1. The molecule has 1 amide bonds. The number of aliphatic hydroxyl groups excluding tert-OH is 1. The summed E-state index contributed by atoms with van der Waals surface area (Å²) in [5, 5.41) is 11.7. The van der Waals surface area contributed by atoms with Gasteiger partial charge in [0.15, 0.2) is 11.5 Å². The maximum absolute atomic E-state index is 13.6. The number of amides is 1. The van der Waals surface area contributed by atoms with E-state index in [9.17, 15) is 14.7 Å². The lowest BCUT2D eigenvalue weighted by Crippen LogP contribution is -2.29. The van der Waals surface area contributed by atoms with Crippen molar-refractivity contribution in [3.05, 3.63) is 77.4 Å². The summed E-state index contributed by atoms with van der Waals surface area (Å²) in [5.74, 6) is 0.590. The molecule has 0 aliphatic carbocycles. The molecule has 0 aromatic heterocycles. The number of hydrogen-bond acceptors (Lipinski definition) is 8. The lowest BCUT2D eigenvalue weighted by Gasteiger charge is -2.26. The third-order valence-corrected chi connectivity index (χ3v) is 6.47. The summed E-state index contributed by atoms with van der Waals surface area (Å²) in [6.07, 6.45) is -0.0261. The Morgan fingerprint density at radius 2 is 1.62 bits per heavy atom. The summed E-state index contributed by atoms with van der Waals surface area (Å²) < 4.78 is 28.1. The van der Waals surface area contributed by atoms with E-state index in [0.29, 0.717) is 53.2 Å². The molecule has 40 heavy (non-hydrogen) atoms. The number of nitrogens with zero attached hydrogens (tertiary/aromatic N) is 1. The van der Waals surface area contributed by atoms with Gasteiger partial charge in [-0.05, 0) is 69.7 Å². The molecule has 0 saturated carbocycles. The van der Waals surface area contributed by atoms with Gasteiger partial charge in [0.2, 0.25) is 6.79 Å². The Morgan fingerprint density at radius 3 is 2.33 bits per heavy atom. The molecule has 208 valence electrons. The maximum Gasteiger partial charge on any atom is 0.300 e. The number of ether oxygens (including phenoxy) is 5. The van der Waals surface area contributed by atoms with Crippen molar-refractivity contribution in [3.63, 3.8) is 0 Å². The highest BCUT2D eigenvalue weighted by Crippen LogP contribution is 2.46. The number of carbonyl (C=O) groups is 2. The van der Waals surface area contributed by atoms with Crippen molar-refractivity contribution in [1.29, 1.82) is 0 Å². The zero-order chi connectivity index (χ0) is 28.4. The molecule has 5 rings (SSSR count). The maximum atomic E-state index is 13.6. The fraction of sp³-hybridized carbons (Fsp3) is 0.290. The van der Waals surface area contributed by atoms with E-state index in [1.54, 1.807) is 60.7 Å². The van der Waals surface area contributed by atoms with Crippen LogP contribution in [0.15, 0.2) is 66.2 Å². The molecule has 2 aliphatic heterocycles. The van der Waals surface area contributed by atoms with Crippen LogP contribution >= 0.6 is 0 Å². The third kappa shape index (κ3) is 5.02. The van der Waals surface area contributed by atoms with Gasteiger partial charge in [-0.1, -0.05) is 12.1 Å². The van der Waals surface area contributed by atoms with Gasteiger partial charge in [0, 0.05) is 17.8 Å². The predicted molar refractivity (Wildman–Crippen MR) is 148 cm³/mol. The van der Waals surface area contributed by atoms with Crippen molar-refractivity contribution in [2.24, 2.45) is 0 Å². The van der Waals surface area contributed by atoms with Gasteiger partial charge in [0.25, 0.3) is 11.7 Å². The zero-order valence-corrected chi connectivity index (χ0v) is 22.8. The molecule has 9 nitrogen and oxygen atoms in total. The summed E-state index contributed by atoms with van der Waals surface area (Å²) in [6.45, 7) is 8.37. The van der Waals surface area contributed by atoms with Crippen molar-refractivity contribution >= 4 is 23.1 Å². The SMILES string of the molecule is CCOc1ccc(/C(O)=C2\C(=O)C(=O)N(c3ccc4c(c3)OCO4)C2c2ccc(OC(C)C)cc2)c(OCC)c1. The van der Waals surface area contributed by atoms with Crippen molar-refractivity contribution in [3.8, 4) is 28.7 Å². The monoisotopic (exact) mass is 545 g/mol. The number of ketones is 1. The van der Waals surface area contributed by atoms with E-state index in [2.05, 4.69) is 0 Å². The topological polar surface area (TPSA) is 104 Å². The molecular formula is C31H31NO8. The van der Waals surface area contributed by atoms with Crippen LogP contribution < -0.4 is 28.6 Å². The lowest BCUT2D eigenvalue weighted by atomic mass is 9.94. The number of fused-ring (bicyclic) bond motifs is 1. The Kier molecular flexibility index (Phi) is 7.55. The molecular weight excluding hydrogens is 514 g/mol. The van der Waals surface area contributed by atoms with Crippen LogP contribution in [0.3, 0.4) is 0 Å². The molecule has 0 spiro atoms. The Balaban J connectivity index is 1.67. The quantitative estimate of drug-likeness (QED) is 0.210. The second-order valence-electron chi connectivity index (χ2n) is 9.47. The first kappa shape index (κ1) is 26.9. The molecule has 1 unspecified atom stereocenters. The smallest absolute Gasteiger partial charge is 0.300 e. The standard InChI is InChI=1S/C31H31NO8/c1-5-36-22-12-13-23(25(16-22)37-6-2)29(33)27-28(19-7-10-21(11-8-19)40-18(3)4)32(31(35)30(27)34)20-9-14-24-26(15-20)39-17-38-24/h7-16,18,28,33H,5-6,17H2,1-4H3/b29-27+. The minimum atomic E-state index is -0.936. The molecule has 0 radical (unpaired) electrons. The Morgan fingerprint density at radius 1 is 0.925 bits per heavy atom. The fourth-order valence-corrected chi connectivity index (χ4v) is 4.82. The highest BCUT2D eigenvalue weighted by molar-refractivity contribution is 6.51. The second-order valence-corrected chi connectivity index (χ2v) is 9.47. The zero-order valence-electron chi connectivity index (χ0n) is 22.8. The van der Waals surface area contributed by atoms with Gasteiger partial charge >= 0.3 is 0 Å². The Bertz CT molecular complexity index is 1460. The first-order valence-electron chi connectivity index (χ1n) is 13.2. The highest BCUT2D eigenvalue weighted by atomic mass is 16.7. The highest BCUT2D eigenvalue weighted by Gasteiger charge is 2.47. The molecule has 3 aromatic carbocycles. The van der Waals surface area contributed by atoms with Gasteiger partial charge in [0.05, 0.1) is 36.5 Å². The number of hydrogen-bond donors (Lipinski definition) is 1. The number of Topliss-reactive ketones (excluding diaryl/α,β-unsaturated/α-hetero) is 1. The molecule has 3 aromatic rings. The van der Waals surface area contributed by atoms with Crippen molar-refractivity contribution in [2.75, 3.05) is 24.9 Å². The first-order chi connectivity index (χ1) is 19.3. The predicted octanol–water partition coefficient (Wildman–Crippen LogP) is 5.63. The van der Waals surface area contributed by atoms with Gasteiger partial charge < -0.3 is 28.8 Å². The number of benzene rings is 3. The van der Waals surface area contributed by atoms with Crippen LogP contribution in [0.1, 0.15) is 44.9 Å². The van der Waals surface area contributed by atoms with Crippen LogP contribution in [-0.4, -0.2) is 42.9 Å². The summed E-state index contributed by atoms with van der Waals surface area (Å²) in [6, 6.07) is 16.2. The molecule has 1 saturated heterocycles. The molecule has 1 N–H and O–H groups in total. The van der Waals surface area contributed by atoms with Gasteiger partial charge in [0.1, 0.15) is 23.0 Å². The van der Waals surface area contributed by atoms with E-state index in [0.717, 1.165) is 0 Å². The van der Waals surface area contributed by atoms with Gasteiger partial charge in [-0.3, -0.25) is 14.5 Å². The number of rotatable bonds is 9. The van der Waals surface area contributed by atoms with Crippen LogP contribution in [0.2, 0.25) is 0 Å². The van der Waals surface area contributed by atoms with E-state index in [4.69, 9.17) is 23.7 Å². The van der Waals surface area contributed by atoms with Crippen molar-refractivity contribution in [1.82, 2.24) is 0 Å². The summed E-state index contributed by atoms with van der Waals surface area (Å²) in [7, 11) is 0. The van der Waals surface area contributed by atoms with Crippen LogP contribution in [-0.2, 0) is 9.59 Å². The molecule has 0 bridgehead atoms. The average Bonchev–Trinajstić information content (AvgIpc) is 3.51. The lowest BCUT2D eigenvalue weighted by molar-refractivity contribution is -0.132. The van der Waals surface area contributed by atoms with Gasteiger partial charge in [-0.25, -0.2) is 0 Å². The van der Waals surface area contributed by atoms with E-state index in [1.165, 1.54) is 4.90 Å². The number of carbonyl (C=O) groups excluding carboxylic acids is 2. The second kappa shape index (κ2) is 11.2. The molecule has 1 fully saturated rings. The van der Waals surface area contributed by atoms with Crippen LogP contribution in [0.4, 0.5) is 5.69 Å². The Hall–Kier alpha value is -4.66. The van der Waals surface area contributed by atoms with Crippen molar-refractivity contribution < 1.29 is 38.4 Å². The van der Waals surface area contributed by atoms with Crippen LogP contribution in [0.5, 0.6) is 28.7 Å². The molecule has 2 aliphatic rings. The summed E-state index contributed by atoms with van der Waals surface area (Å²) in [4.78, 5) is 28.6. The van der Waals surface area contributed by atoms with E-state index in [1.807, 2.05) is 27.7 Å². The average molecular weight is 546 g/mol. The minimum Gasteiger partial charge on any atom is -0.507 e. The number of anilines is 1. The van der Waals surface area contributed by atoms with Crippen LogP contribution in [0.25, 0.3) is 5.76 Å². The molecule has 2 heterocycles. The molecule has 9 heteroatoms. The van der Waals surface area contributed by atoms with Crippen LogP contribution in [0, 0.1) is 0 Å². The van der Waals surface area contributed by atoms with E-state index >= 15 is 0 Å². The van der Waals surface area contributed by atoms with E-state index < -0.39 is 17.7 Å². The van der Waals surface area contributed by atoms with Crippen molar-refractivity contribution in [2.45, 2.75) is 39.8 Å². The third-order valence-electron chi connectivity index (χ3n) is 6.47. The molecule has 1 atom stereocenters. The van der Waals surface area contributed by atoms with Gasteiger partial charge in [-0.15, -0.1) is 0 Å². The normalized spacial score (nSPS) is 17.4.